The number of nitro benzene ring substituents is 1. The van der Waals surface area contributed by atoms with Gasteiger partial charge < -0.3 is 10.6 Å². The van der Waals surface area contributed by atoms with Crippen molar-refractivity contribution >= 4 is 35.0 Å². The summed E-state index contributed by atoms with van der Waals surface area (Å²) in [5.41, 5.74) is -0.0636. The number of rotatable bonds is 6. The quantitative estimate of drug-likeness (QED) is 0.424. The first-order chi connectivity index (χ1) is 14.3. The Kier molecular flexibility index (Phi) is 4.74. The Morgan fingerprint density at radius 2 is 1.77 bits per heavy atom. The van der Waals surface area contributed by atoms with Gasteiger partial charge in [0, 0.05) is 23.4 Å². The average molecular weight is 408 g/mol. The van der Waals surface area contributed by atoms with Crippen molar-refractivity contribution in [2.75, 3.05) is 11.9 Å². The van der Waals surface area contributed by atoms with Gasteiger partial charge in [0.05, 0.1) is 10.5 Å². The molecule has 0 atom stereocenters. The van der Waals surface area contributed by atoms with E-state index in [4.69, 9.17) is 0 Å². The van der Waals surface area contributed by atoms with Crippen LogP contribution in [0.25, 0.3) is 0 Å². The Balaban J connectivity index is 1.42. The summed E-state index contributed by atoms with van der Waals surface area (Å²) in [6, 6.07) is 10.2. The summed E-state index contributed by atoms with van der Waals surface area (Å²) in [5, 5.41) is 16.5. The number of anilines is 1. The monoisotopic (exact) mass is 408 g/mol. The normalized spacial score (nSPS) is 15.0. The molecular formula is C20H16N4O6. The number of nitro groups is 1. The first kappa shape index (κ1) is 19.2. The molecule has 1 aliphatic heterocycles. The molecule has 0 saturated heterocycles. The number of hydrogen-bond donors (Lipinski definition) is 2. The highest BCUT2D eigenvalue weighted by molar-refractivity contribution is 6.24. The van der Waals surface area contributed by atoms with E-state index in [0.717, 1.165) is 18.9 Å². The zero-order valence-corrected chi connectivity index (χ0v) is 15.6. The summed E-state index contributed by atoms with van der Waals surface area (Å²) in [7, 11) is 0. The van der Waals surface area contributed by atoms with E-state index in [2.05, 4.69) is 10.6 Å². The van der Waals surface area contributed by atoms with Crippen LogP contribution in [0.3, 0.4) is 0 Å². The van der Waals surface area contributed by atoms with Crippen molar-refractivity contribution in [3.8, 4) is 0 Å². The Morgan fingerprint density at radius 3 is 2.40 bits per heavy atom. The standard InChI is InChI=1S/C20H16N4O6/c25-16(21-12-6-4-11(5-7-12)18(26)22-13-8-9-13)10-23-19(27)14-2-1-3-15(24(29)30)17(14)20(23)28/h1-7,13H,8-10H2,(H,21,25)(H,22,26). The molecule has 30 heavy (non-hydrogen) atoms. The Labute approximate surface area is 170 Å². The predicted molar refractivity (Wildman–Crippen MR) is 104 cm³/mol. The molecule has 10 heteroatoms. The Morgan fingerprint density at radius 1 is 1.07 bits per heavy atom. The van der Waals surface area contributed by atoms with Crippen molar-refractivity contribution in [1.82, 2.24) is 10.2 Å². The summed E-state index contributed by atoms with van der Waals surface area (Å²) in [4.78, 5) is 60.3. The minimum absolute atomic E-state index is 0.104. The Bertz CT molecular complexity index is 1090. The van der Waals surface area contributed by atoms with Gasteiger partial charge in [-0.1, -0.05) is 6.07 Å². The lowest BCUT2D eigenvalue weighted by molar-refractivity contribution is -0.385. The van der Waals surface area contributed by atoms with Crippen LogP contribution >= 0.6 is 0 Å². The first-order valence-electron chi connectivity index (χ1n) is 9.19. The first-order valence-corrected chi connectivity index (χ1v) is 9.19. The topological polar surface area (TPSA) is 139 Å². The number of carbonyl (C=O) groups excluding carboxylic acids is 4. The van der Waals surface area contributed by atoms with Crippen LogP contribution < -0.4 is 10.6 Å². The van der Waals surface area contributed by atoms with E-state index in [0.29, 0.717) is 16.2 Å². The molecule has 2 aliphatic rings. The molecular weight excluding hydrogens is 392 g/mol. The van der Waals surface area contributed by atoms with E-state index in [1.807, 2.05) is 0 Å². The summed E-state index contributed by atoms with van der Waals surface area (Å²) in [6.45, 7) is -0.590. The van der Waals surface area contributed by atoms with Crippen LogP contribution in [-0.4, -0.2) is 46.0 Å². The van der Waals surface area contributed by atoms with Crippen LogP contribution in [0, 0.1) is 10.1 Å². The number of carbonyl (C=O) groups is 4. The maximum Gasteiger partial charge on any atom is 0.282 e. The van der Waals surface area contributed by atoms with E-state index >= 15 is 0 Å². The highest BCUT2D eigenvalue weighted by Gasteiger charge is 2.41. The van der Waals surface area contributed by atoms with Crippen molar-refractivity contribution in [3.05, 3.63) is 69.3 Å². The number of imide groups is 1. The van der Waals surface area contributed by atoms with E-state index in [1.165, 1.54) is 24.3 Å². The van der Waals surface area contributed by atoms with E-state index in [1.54, 1.807) is 12.1 Å². The molecule has 2 aromatic carbocycles. The lowest BCUT2D eigenvalue weighted by Crippen LogP contribution is -2.37. The SMILES string of the molecule is O=C(CN1C(=O)c2cccc([N+](=O)[O-])c2C1=O)Nc1ccc(C(=O)NC2CC2)cc1. The van der Waals surface area contributed by atoms with Gasteiger partial charge in [-0.2, -0.15) is 0 Å². The van der Waals surface area contributed by atoms with Gasteiger partial charge in [0.2, 0.25) is 5.91 Å². The van der Waals surface area contributed by atoms with Gasteiger partial charge in [-0.05, 0) is 43.2 Å². The van der Waals surface area contributed by atoms with Gasteiger partial charge in [-0.15, -0.1) is 0 Å². The van der Waals surface area contributed by atoms with Crippen LogP contribution in [0.1, 0.15) is 43.9 Å². The second-order valence-corrected chi connectivity index (χ2v) is 7.03. The van der Waals surface area contributed by atoms with Crippen LogP contribution in [0.15, 0.2) is 42.5 Å². The molecule has 0 bridgehead atoms. The summed E-state index contributed by atoms with van der Waals surface area (Å²) in [6.07, 6.45) is 1.95. The van der Waals surface area contributed by atoms with Gasteiger partial charge in [-0.3, -0.25) is 34.2 Å². The second-order valence-electron chi connectivity index (χ2n) is 7.03. The highest BCUT2D eigenvalue weighted by atomic mass is 16.6. The number of hydrogen-bond acceptors (Lipinski definition) is 6. The molecule has 0 unspecified atom stereocenters. The molecule has 2 aromatic rings. The van der Waals surface area contributed by atoms with Crippen molar-refractivity contribution < 1.29 is 24.1 Å². The predicted octanol–water partition coefficient (Wildman–Crippen LogP) is 1.72. The number of amides is 4. The molecule has 0 aromatic heterocycles. The van der Waals surface area contributed by atoms with Crippen molar-refractivity contribution in [2.24, 2.45) is 0 Å². The third-order valence-electron chi connectivity index (χ3n) is 4.82. The second kappa shape index (κ2) is 7.39. The lowest BCUT2D eigenvalue weighted by Gasteiger charge is -2.13. The molecule has 0 spiro atoms. The highest BCUT2D eigenvalue weighted by Crippen LogP contribution is 2.30. The fourth-order valence-corrected chi connectivity index (χ4v) is 3.16. The third-order valence-corrected chi connectivity index (χ3v) is 4.82. The minimum Gasteiger partial charge on any atom is -0.349 e. The van der Waals surface area contributed by atoms with Gasteiger partial charge in [0.25, 0.3) is 23.4 Å². The maximum atomic E-state index is 12.5. The molecule has 1 aliphatic carbocycles. The maximum absolute atomic E-state index is 12.5. The molecule has 2 N–H and O–H groups in total. The van der Waals surface area contributed by atoms with Crippen molar-refractivity contribution in [1.29, 1.82) is 0 Å². The van der Waals surface area contributed by atoms with Gasteiger partial charge in [-0.25, -0.2) is 0 Å². The van der Waals surface area contributed by atoms with Gasteiger partial charge in [0.15, 0.2) is 0 Å². The molecule has 4 rings (SSSR count). The fraction of sp³-hybridized carbons (Fsp3) is 0.200. The molecule has 1 fully saturated rings. The number of benzene rings is 2. The van der Waals surface area contributed by atoms with Gasteiger partial charge in [0.1, 0.15) is 12.1 Å². The smallest absolute Gasteiger partial charge is 0.282 e. The largest absolute Gasteiger partial charge is 0.349 e. The number of nitrogens with one attached hydrogen (secondary N) is 2. The molecule has 1 saturated carbocycles. The lowest BCUT2D eigenvalue weighted by atomic mass is 10.1. The summed E-state index contributed by atoms with van der Waals surface area (Å²) < 4.78 is 0. The third kappa shape index (κ3) is 3.62. The van der Waals surface area contributed by atoms with E-state index in [9.17, 15) is 29.3 Å². The molecule has 152 valence electrons. The molecule has 0 radical (unpaired) electrons. The number of fused-ring (bicyclic) bond motifs is 1. The van der Waals surface area contributed by atoms with Crippen LogP contribution in [0.2, 0.25) is 0 Å². The zero-order valence-electron chi connectivity index (χ0n) is 15.6. The fourth-order valence-electron chi connectivity index (χ4n) is 3.16. The van der Waals surface area contributed by atoms with Crippen molar-refractivity contribution in [2.45, 2.75) is 18.9 Å². The average Bonchev–Trinajstić information content (AvgIpc) is 3.51. The van der Waals surface area contributed by atoms with Crippen molar-refractivity contribution in [3.63, 3.8) is 0 Å². The van der Waals surface area contributed by atoms with Crippen LogP contribution in [0.5, 0.6) is 0 Å². The van der Waals surface area contributed by atoms with E-state index in [-0.39, 0.29) is 23.1 Å². The molecule has 1 heterocycles. The molecule has 4 amide bonds. The minimum atomic E-state index is -0.885. The number of nitrogens with zero attached hydrogens (tertiary/aromatic N) is 2. The Hall–Kier alpha value is -4.08. The summed E-state index contributed by atoms with van der Waals surface area (Å²) in [5.74, 6) is -2.49. The summed E-state index contributed by atoms with van der Waals surface area (Å²) >= 11 is 0. The van der Waals surface area contributed by atoms with Crippen LogP contribution in [0.4, 0.5) is 11.4 Å². The zero-order chi connectivity index (χ0) is 21.4. The molecule has 10 nitrogen and oxygen atoms in total. The van der Waals surface area contributed by atoms with Gasteiger partial charge >= 0.3 is 0 Å². The van der Waals surface area contributed by atoms with Crippen LogP contribution in [-0.2, 0) is 4.79 Å². The van der Waals surface area contributed by atoms with E-state index < -0.39 is 34.9 Å².